The second-order valence-corrected chi connectivity index (χ2v) is 5.77. The number of halogens is 3. The van der Waals surface area contributed by atoms with Gasteiger partial charge < -0.3 is 10.2 Å². The number of hydrogen-bond acceptors (Lipinski definition) is 2. The Morgan fingerprint density at radius 3 is 2.45 bits per heavy atom. The van der Waals surface area contributed by atoms with Crippen LogP contribution in [0.25, 0.3) is 0 Å². The van der Waals surface area contributed by atoms with E-state index in [4.69, 9.17) is 0 Å². The van der Waals surface area contributed by atoms with E-state index in [0.717, 1.165) is 43.9 Å². The highest BCUT2D eigenvalue weighted by molar-refractivity contribution is 5.48. The van der Waals surface area contributed by atoms with Crippen LogP contribution in [-0.4, -0.2) is 25.7 Å². The maximum absolute atomic E-state index is 12.5. The van der Waals surface area contributed by atoms with Crippen molar-refractivity contribution in [2.75, 3.05) is 24.5 Å². The first-order valence-corrected chi connectivity index (χ1v) is 7.02. The number of nitrogens with one attached hydrogen (secondary N) is 1. The number of nitrogens with zero attached hydrogens (tertiary/aromatic N) is 1. The van der Waals surface area contributed by atoms with E-state index >= 15 is 0 Å². The van der Waals surface area contributed by atoms with Gasteiger partial charge in [-0.2, -0.15) is 13.2 Å². The monoisotopic (exact) mass is 286 g/mol. The Hall–Kier alpha value is -1.23. The third kappa shape index (κ3) is 3.88. The fourth-order valence-corrected chi connectivity index (χ4v) is 2.65. The summed E-state index contributed by atoms with van der Waals surface area (Å²) in [6.45, 7) is 6.92. The Labute approximate surface area is 118 Å². The van der Waals surface area contributed by atoms with Crippen LogP contribution in [0.15, 0.2) is 24.3 Å². The van der Waals surface area contributed by atoms with Crippen LogP contribution in [0.1, 0.15) is 25.8 Å². The normalized spacial score (nSPS) is 20.5. The molecule has 1 aromatic rings. The standard InChI is InChI=1S/C15H21F3N2/c1-11(2)9-13-10-20(8-7-19-13)14-5-3-12(4-6-14)15(16,17)18/h3-6,11,13,19H,7-10H2,1-2H3. The molecular weight excluding hydrogens is 265 g/mol. The SMILES string of the molecule is CC(C)CC1CN(c2ccc(C(F)(F)F)cc2)CCN1. The molecule has 0 aromatic heterocycles. The van der Waals surface area contributed by atoms with Gasteiger partial charge in [0, 0.05) is 31.4 Å². The van der Waals surface area contributed by atoms with Gasteiger partial charge >= 0.3 is 6.18 Å². The highest BCUT2D eigenvalue weighted by Gasteiger charge is 2.30. The fraction of sp³-hybridized carbons (Fsp3) is 0.600. The maximum atomic E-state index is 12.5. The zero-order valence-corrected chi connectivity index (χ0v) is 11.9. The highest BCUT2D eigenvalue weighted by Crippen LogP contribution is 2.30. The number of anilines is 1. The average Bonchev–Trinajstić information content (AvgIpc) is 2.37. The fourth-order valence-electron chi connectivity index (χ4n) is 2.65. The molecule has 1 N–H and O–H groups in total. The van der Waals surface area contributed by atoms with E-state index in [2.05, 4.69) is 24.1 Å². The summed E-state index contributed by atoms with van der Waals surface area (Å²) in [5.74, 6) is 0.611. The zero-order valence-electron chi connectivity index (χ0n) is 11.9. The molecule has 2 nitrogen and oxygen atoms in total. The lowest BCUT2D eigenvalue weighted by Gasteiger charge is -2.36. The minimum atomic E-state index is -4.26. The quantitative estimate of drug-likeness (QED) is 0.914. The summed E-state index contributed by atoms with van der Waals surface area (Å²) in [4.78, 5) is 2.16. The Bertz CT molecular complexity index is 426. The van der Waals surface area contributed by atoms with Gasteiger partial charge in [-0.1, -0.05) is 13.8 Å². The predicted octanol–water partition coefficient (Wildman–Crippen LogP) is 3.53. The van der Waals surface area contributed by atoms with Gasteiger partial charge in [-0.05, 0) is 36.6 Å². The van der Waals surface area contributed by atoms with Crippen LogP contribution in [0.3, 0.4) is 0 Å². The van der Waals surface area contributed by atoms with Crippen molar-refractivity contribution in [2.24, 2.45) is 5.92 Å². The molecule has 0 radical (unpaired) electrons. The molecule has 20 heavy (non-hydrogen) atoms. The van der Waals surface area contributed by atoms with Crippen molar-refractivity contribution in [1.82, 2.24) is 5.32 Å². The Morgan fingerprint density at radius 2 is 1.90 bits per heavy atom. The van der Waals surface area contributed by atoms with Gasteiger partial charge in [0.05, 0.1) is 5.56 Å². The summed E-state index contributed by atoms with van der Waals surface area (Å²) in [6, 6.07) is 5.87. The number of piperazine rings is 1. The number of hydrogen-bond donors (Lipinski definition) is 1. The van der Waals surface area contributed by atoms with Crippen molar-refractivity contribution >= 4 is 5.69 Å². The third-order valence-electron chi connectivity index (χ3n) is 3.57. The van der Waals surface area contributed by atoms with Crippen molar-refractivity contribution in [3.63, 3.8) is 0 Å². The van der Waals surface area contributed by atoms with E-state index in [1.807, 2.05) is 0 Å². The van der Waals surface area contributed by atoms with Crippen LogP contribution < -0.4 is 10.2 Å². The lowest BCUT2D eigenvalue weighted by molar-refractivity contribution is -0.137. The first kappa shape index (κ1) is 15.2. The van der Waals surface area contributed by atoms with Crippen LogP contribution in [0, 0.1) is 5.92 Å². The second kappa shape index (κ2) is 6.04. The molecule has 1 aliphatic rings. The molecule has 112 valence electrons. The first-order chi connectivity index (χ1) is 9.36. The van der Waals surface area contributed by atoms with E-state index in [1.165, 1.54) is 0 Å². The van der Waals surface area contributed by atoms with Crippen LogP contribution in [0.5, 0.6) is 0 Å². The van der Waals surface area contributed by atoms with E-state index in [0.29, 0.717) is 12.0 Å². The molecule has 0 saturated carbocycles. The summed E-state index contributed by atoms with van der Waals surface area (Å²) in [5.41, 5.74) is 0.281. The summed E-state index contributed by atoms with van der Waals surface area (Å²) in [5, 5.41) is 3.46. The minimum absolute atomic E-state index is 0.408. The van der Waals surface area contributed by atoms with Gasteiger partial charge in [0.15, 0.2) is 0 Å². The number of alkyl halides is 3. The first-order valence-electron chi connectivity index (χ1n) is 7.02. The lowest BCUT2D eigenvalue weighted by Crippen LogP contribution is -2.51. The van der Waals surface area contributed by atoms with Gasteiger partial charge in [-0.25, -0.2) is 0 Å². The Kier molecular flexibility index (Phi) is 4.58. The topological polar surface area (TPSA) is 15.3 Å². The molecule has 2 rings (SSSR count). The minimum Gasteiger partial charge on any atom is -0.369 e. The van der Waals surface area contributed by atoms with Crippen LogP contribution in [-0.2, 0) is 6.18 Å². The maximum Gasteiger partial charge on any atom is 0.416 e. The number of benzene rings is 1. The molecule has 1 unspecified atom stereocenters. The highest BCUT2D eigenvalue weighted by atomic mass is 19.4. The van der Waals surface area contributed by atoms with Crippen molar-refractivity contribution < 1.29 is 13.2 Å². The summed E-state index contributed by atoms with van der Waals surface area (Å²) >= 11 is 0. The van der Waals surface area contributed by atoms with Crippen LogP contribution in [0.4, 0.5) is 18.9 Å². The third-order valence-corrected chi connectivity index (χ3v) is 3.57. The molecule has 0 spiro atoms. The van der Waals surface area contributed by atoms with Gasteiger partial charge in [0.1, 0.15) is 0 Å². The van der Waals surface area contributed by atoms with E-state index in [-0.39, 0.29) is 0 Å². The molecule has 1 heterocycles. The zero-order chi connectivity index (χ0) is 14.8. The number of rotatable bonds is 3. The molecule has 1 saturated heterocycles. The second-order valence-electron chi connectivity index (χ2n) is 5.77. The summed E-state index contributed by atoms with van der Waals surface area (Å²) in [6.07, 6.45) is -3.18. The van der Waals surface area contributed by atoms with Gasteiger partial charge in [-0.15, -0.1) is 0 Å². The molecule has 1 aromatic carbocycles. The van der Waals surface area contributed by atoms with Crippen molar-refractivity contribution in [1.29, 1.82) is 0 Å². The van der Waals surface area contributed by atoms with Gasteiger partial charge in [-0.3, -0.25) is 0 Å². The van der Waals surface area contributed by atoms with Crippen molar-refractivity contribution in [3.8, 4) is 0 Å². The molecule has 1 aliphatic heterocycles. The molecular formula is C15H21F3N2. The van der Waals surface area contributed by atoms with Crippen molar-refractivity contribution in [3.05, 3.63) is 29.8 Å². The van der Waals surface area contributed by atoms with Crippen LogP contribution >= 0.6 is 0 Å². The van der Waals surface area contributed by atoms with E-state index in [1.54, 1.807) is 12.1 Å². The Morgan fingerprint density at radius 1 is 1.25 bits per heavy atom. The molecule has 0 amide bonds. The van der Waals surface area contributed by atoms with E-state index < -0.39 is 11.7 Å². The predicted molar refractivity (Wildman–Crippen MR) is 74.9 cm³/mol. The van der Waals surface area contributed by atoms with Crippen molar-refractivity contribution in [2.45, 2.75) is 32.5 Å². The molecule has 0 aliphatic carbocycles. The lowest BCUT2D eigenvalue weighted by atomic mass is 10.0. The largest absolute Gasteiger partial charge is 0.416 e. The Balaban J connectivity index is 2.04. The molecule has 1 fully saturated rings. The van der Waals surface area contributed by atoms with E-state index in [9.17, 15) is 13.2 Å². The molecule has 5 heteroatoms. The smallest absolute Gasteiger partial charge is 0.369 e. The van der Waals surface area contributed by atoms with Crippen LogP contribution in [0.2, 0.25) is 0 Å². The van der Waals surface area contributed by atoms with Gasteiger partial charge in [0.2, 0.25) is 0 Å². The molecule has 0 bridgehead atoms. The molecule has 1 atom stereocenters. The average molecular weight is 286 g/mol. The summed E-state index contributed by atoms with van der Waals surface area (Å²) in [7, 11) is 0. The van der Waals surface area contributed by atoms with Gasteiger partial charge in [0.25, 0.3) is 0 Å². The summed E-state index contributed by atoms with van der Waals surface area (Å²) < 4.78 is 37.6.